The monoisotopic (exact) mass is 641 g/mol. The van der Waals surface area contributed by atoms with Gasteiger partial charge >= 0.3 is 0 Å². The standard InChI is InChI=1S/C20H22F5NO4S.C8H8Cl2/c1-4-12-14-10(7-11(29-2)8-13(14)30-3)5-6-26(12)31(28,9-27)20-18(24)16(22)15(21)17(23)19(20)25;1-2-6-3-7(9)5-8(10)4-6/h7-8,12,18,20,27-28H,4-6H2,1-3H3;3-5H,2H2,1H3. The molecule has 2 N–H and O–H groups in total. The second kappa shape index (κ2) is 13.8. The molecule has 226 valence electrons. The van der Waals surface area contributed by atoms with E-state index in [0.29, 0.717) is 27.1 Å². The maximum absolute atomic E-state index is 14.7. The molecule has 0 radical (unpaired) electrons. The Morgan fingerprint density at radius 1 is 0.976 bits per heavy atom. The van der Waals surface area contributed by atoms with E-state index >= 15 is 0 Å². The minimum absolute atomic E-state index is 0.0346. The molecule has 0 spiro atoms. The van der Waals surface area contributed by atoms with E-state index in [1.54, 1.807) is 25.1 Å². The molecule has 2 aromatic carbocycles. The minimum Gasteiger partial charge on any atom is -0.497 e. The van der Waals surface area contributed by atoms with Gasteiger partial charge < -0.3 is 19.1 Å². The van der Waals surface area contributed by atoms with Crippen LogP contribution < -0.4 is 9.47 Å². The third-order valence-corrected chi connectivity index (χ3v) is 9.88. The van der Waals surface area contributed by atoms with Crippen LogP contribution in [0.2, 0.25) is 10.0 Å². The average molecular weight is 643 g/mol. The fraction of sp³-hybridized carbons (Fsp3) is 0.393. The second-order valence-electron chi connectivity index (χ2n) is 9.18. The van der Waals surface area contributed by atoms with Crippen molar-refractivity contribution in [3.05, 3.63) is 80.4 Å². The highest BCUT2D eigenvalue weighted by Crippen LogP contribution is 2.56. The zero-order valence-corrected chi connectivity index (χ0v) is 25.0. The molecular formula is C28H30Cl2F5NO4S. The highest BCUT2D eigenvalue weighted by molar-refractivity contribution is 8.18. The van der Waals surface area contributed by atoms with Crippen molar-refractivity contribution in [1.29, 1.82) is 0 Å². The normalized spacial score (nSPS) is 22.3. The van der Waals surface area contributed by atoms with E-state index in [-0.39, 0.29) is 19.4 Å². The van der Waals surface area contributed by atoms with Crippen LogP contribution in [0.15, 0.2) is 53.6 Å². The van der Waals surface area contributed by atoms with E-state index in [1.807, 2.05) is 12.1 Å². The van der Waals surface area contributed by atoms with Gasteiger partial charge in [0.15, 0.2) is 29.5 Å². The van der Waals surface area contributed by atoms with Gasteiger partial charge in [0, 0.05) is 38.1 Å². The van der Waals surface area contributed by atoms with Gasteiger partial charge in [-0.3, -0.25) is 0 Å². The first-order chi connectivity index (χ1) is 19.4. The average Bonchev–Trinajstić information content (AvgIpc) is 2.97. The van der Waals surface area contributed by atoms with Gasteiger partial charge in [-0.05, 0) is 54.7 Å². The lowest BCUT2D eigenvalue weighted by molar-refractivity contribution is 0.253. The maximum Gasteiger partial charge on any atom is 0.196 e. The number of aryl methyl sites for hydroxylation is 1. The number of aliphatic hydroxyl groups is 1. The van der Waals surface area contributed by atoms with Crippen LogP contribution in [-0.4, -0.2) is 46.2 Å². The lowest BCUT2D eigenvalue weighted by Crippen LogP contribution is -2.42. The molecule has 4 rings (SSSR count). The Bertz CT molecular complexity index is 1450. The van der Waals surface area contributed by atoms with Gasteiger partial charge in [0.2, 0.25) is 0 Å². The largest absolute Gasteiger partial charge is 0.497 e. The number of fused-ring (bicyclic) bond motifs is 1. The smallest absolute Gasteiger partial charge is 0.196 e. The van der Waals surface area contributed by atoms with Crippen LogP contribution in [0.25, 0.3) is 0 Å². The van der Waals surface area contributed by atoms with E-state index in [0.717, 1.165) is 16.3 Å². The summed E-state index contributed by atoms with van der Waals surface area (Å²) < 4.78 is 93.6. The van der Waals surface area contributed by atoms with Crippen molar-refractivity contribution in [2.24, 2.45) is 0 Å². The van der Waals surface area contributed by atoms with E-state index < -0.39 is 50.7 Å². The Hall–Kier alpha value is -2.24. The molecule has 0 saturated carbocycles. The van der Waals surface area contributed by atoms with Crippen molar-refractivity contribution in [2.75, 3.05) is 20.8 Å². The predicted octanol–water partition coefficient (Wildman–Crippen LogP) is 9.07. The number of aliphatic hydroxyl groups excluding tert-OH is 1. The first kappa shape index (κ1) is 33.3. The third-order valence-electron chi connectivity index (χ3n) is 6.87. The number of nitrogens with zero attached hydrogens (tertiary/aromatic N) is 1. The van der Waals surface area contributed by atoms with Crippen LogP contribution in [-0.2, 0) is 12.8 Å². The molecule has 0 amide bonds. The lowest BCUT2D eigenvalue weighted by Gasteiger charge is -2.45. The van der Waals surface area contributed by atoms with Gasteiger partial charge in [0.1, 0.15) is 16.7 Å². The van der Waals surface area contributed by atoms with Gasteiger partial charge in [-0.1, -0.05) is 37.0 Å². The summed E-state index contributed by atoms with van der Waals surface area (Å²) in [7, 11) is -1.27. The molecule has 0 fully saturated rings. The van der Waals surface area contributed by atoms with Crippen LogP contribution in [0.1, 0.15) is 43.0 Å². The molecule has 1 heterocycles. The summed E-state index contributed by atoms with van der Waals surface area (Å²) in [5, 5.41) is 10.2. The molecule has 2 aliphatic rings. The Balaban J connectivity index is 0.000000389. The molecule has 2 aromatic rings. The molecular weight excluding hydrogens is 612 g/mol. The van der Waals surface area contributed by atoms with E-state index in [2.05, 4.69) is 6.92 Å². The van der Waals surface area contributed by atoms with Crippen molar-refractivity contribution in [3.8, 4) is 16.9 Å². The Morgan fingerprint density at radius 2 is 1.59 bits per heavy atom. The predicted molar refractivity (Wildman–Crippen MR) is 152 cm³/mol. The first-order valence-electron chi connectivity index (χ1n) is 12.5. The summed E-state index contributed by atoms with van der Waals surface area (Å²) in [4.78, 5) is 0. The first-order valence-corrected chi connectivity index (χ1v) is 14.9. The van der Waals surface area contributed by atoms with Gasteiger partial charge in [0.05, 0.1) is 25.6 Å². The molecule has 5 nitrogen and oxygen atoms in total. The summed E-state index contributed by atoms with van der Waals surface area (Å²) in [6.45, 7) is 3.75. The topological polar surface area (TPSA) is 62.2 Å². The number of ether oxygens (including phenoxy) is 2. The van der Waals surface area contributed by atoms with Crippen LogP contribution >= 0.6 is 33.1 Å². The van der Waals surface area contributed by atoms with E-state index in [4.69, 9.17) is 32.7 Å². The summed E-state index contributed by atoms with van der Waals surface area (Å²) in [6, 6.07) is 8.16. The quantitative estimate of drug-likeness (QED) is 0.326. The summed E-state index contributed by atoms with van der Waals surface area (Å²) in [5.41, 5.74) is 2.52. The van der Waals surface area contributed by atoms with Crippen molar-refractivity contribution >= 4 is 33.1 Å². The molecule has 4 atom stereocenters. The SMILES string of the molecule is CCC1c2c(cc(OC)cc2OC)CCN1S(O)(#CO)C1C(F)=C(F)C(F)=C(F)C1F.CCc1cc(Cl)cc(Cl)c1. The number of hydrogen-bond acceptors (Lipinski definition) is 5. The minimum atomic E-state index is -4.15. The zero-order valence-electron chi connectivity index (χ0n) is 22.7. The fourth-order valence-electron chi connectivity index (χ4n) is 4.90. The van der Waals surface area contributed by atoms with Crippen LogP contribution in [0, 0.1) is 5.37 Å². The van der Waals surface area contributed by atoms with Crippen molar-refractivity contribution in [2.45, 2.75) is 50.6 Å². The number of halogens is 7. The molecule has 13 heteroatoms. The number of methoxy groups -OCH3 is 2. The van der Waals surface area contributed by atoms with E-state index in [1.165, 1.54) is 25.2 Å². The summed E-state index contributed by atoms with van der Waals surface area (Å²) >= 11 is 11.5. The van der Waals surface area contributed by atoms with E-state index in [9.17, 15) is 31.6 Å². The zero-order chi connectivity index (χ0) is 30.6. The summed E-state index contributed by atoms with van der Waals surface area (Å²) in [5.74, 6) is -7.87. The fourth-order valence-corrected chi connectivity index (χ4v) is 7.84. The highest BCUT2D eigenvalue weighted by atomic mass is 35.5. The molecule has 0 saturated heterocycles. The number of alkyl halides is 1. The summed E-state index contributed by atoms with van der Waals surface area (Å²) in [6.07, 6.45) is -1.56. The maximum atomic E-state index is 14.7. The molecule has 1 aliphatic heterocycles. The Morgan fingerprint density at radius 3 is 2.10 bits per heavy atom. The van der Waals surface area contributed by atoms with Gasteiger partial charge in [0.25, 0.3) is 0 Å². The number of benzene rings is 2. The number of hydrogen-bond donors (Lipinski definition) is 2. The highest BCUT2D eigenvalue weighted by Gasteiger charge is 2.50. The van der Waals surface area contributed by atoms with Crippen LogP contribution in [0.5, 0.6) is 11.5 Å². The Labute approximate surface area is 246 Å². The van der Waals surface area contributed by atoms with Gasteiger partial charge in [-0.2, -0.15) is 0 Å². The Kier molecular flexibility index (Phi) is 11.2. The van der Waals surface area contributed by atoms with Gasteiger partial charge in [-0.25, -0.2) is 26.3 Å². The lowest BCUT2D eigenvalue weighted by atomic mass is 9.91. The van der Waals surface area contributed by atoms with Crippen molar-refractivity contribution < 1.29 is 41.1 Å². The van der Waals surface area contributed by atoms with Crippen molar-refractivity contribution in [3.63, 3.8) is 0 Å². The number of rotatable bonds is 4. The molecule has 0 aromatic heterocycles. The second-order valence-corrected chi connectivity index (χ2v) is 12.4. The van der Waals surface area contributed by atoms with Crippen LogP contribution in [0.4, 0.5) is 22.0 Å². The molecule has 4 unspecified atom stereocenters. The van der Waals surface area contributed by atoms with Crippen molar-refractivity contribution in [1.82, 2.24) is 4.31 Å². The van der Waals surface area contributed by atoms with Crippen LogP contribution in [0.3, 0.4) is 0 Å². The molecule has 0 bridgehead atoms. The van der Waals surface area contributed by atoms with Gasteiger partial charge in [-0.15, -0.1) is 0 Å². The molecule has 1 aliphatic carbocycles. The number of allylic oxidation sites excluding steroid dienone is 3. The third kappa shape index (κ3) is 6.57. The molecule has 41 heavy (non-hydrogen) atoms.